The van der Waals surface area contributed by atoms with Gasteiger partial charge in [-0.3, -0.25) is 0 Å². The predicted molar refractivity (Wildman–Crippen MR) is 63.9 cm³/mol. The lowest BCUT2D eigenvalue weighted by Gasteiger charge is -2.00. The fourth-order valence-electron chi connectivity index (χ4n) is 1.46. The van der Waals surface area contributed by atoms with Gasteiger partial charge in [-0.25, -0.2) is 0 Å². The van der Waals surface area contributed by atoms with Crippen LogP contribution in [0.1, 0.15) is 38.2 Å². The Bertz CT molecular complexity index is 269. The van der Waals surface area contributed by atoms with Crippen molar-refractivity contribution in [1.29, 1.82) is 0 Å². The molecular weight excluding hydrogens is 168 g/mol. The SMILES string of the molecule is [CH2]/C(=C/c1ccccc1)CCCCC. The van der Waals surface area contributed by atoms with Crippen LogP contribution in [-0.4, -0.2) is 0 Å². The highest BCUT2D eigenvalue weighted by Crippen LogP contribution is 2.12. The van der Waals surface area contributed by atoms with Crippen LogP contribution in [0.5, 0.6) is 0 Å². The molecule has 1 radical (unpaired) electrons. The molecule has 0 saturated carbocycles. The van der Waals surface area contributed by atoms with Crippen molar-refractivity contribution in [3.05, 3.63) is 48.4 Å². The molecule has 0 aliphatic carbocycles. The van der Waals surface area contributed by atoms with Crippen LogP contribution in [-0.2, 0) is 0 Å². The van der Waals surface area contributed by atoms with Gasteiger partial charge in [0.2, 0.25) is 0 Å². The van der Waals surface area contributed by atoms with Crippen LogP contribution in [0.2, 0.25) is 0 Å². The van der Waals surface area contributed by atoms with Crippen molar-refractivity contribution in [3.63, 3.8) is 0 Å². The molecule has 0 amide bonds. The van der Waals surface area contributed by atoms with Gasteiger partial charge in [-0.2, -0.15) is 0 Å². The summed E-state index contributed by atoms with van der Waals surface area (Å²) < 4.78 is 0. The van der Waals surface area contributed by atoms with Crippen molar-refractivity contribution in [2.24, 2.45) is 0 Å². The van der Waals surface area contributed by atoms with Gasteiger partial charge < -0.3 is 0 Å². The lowest BCUT2D eigenvalue weighted by molar-refractivity contribution is 0.720. The topological polar surface area (TPSA) is 0 Å². The summed E-state index contributed by atoms with van der Waals surface area (Å²) in [5.74, 6) is 0. The number of rotatable bonds is 5. The fraction of sp³-hybridized carbons (Fsp3) is 0.357. The molecule has 75 valence electrons. The van der Waals surface area contributed by atoms with Gasteiger partial charge in [-0.05, 0) is 25.3 Å². The Morgan fingerprint density at radius 2 is 1.93 bits per heavy atom. The first-order valence-corrected chi connectivity index (χ1v) is 5.40. The van der Waals surface area contributed by atoms with Crippen molar-refractivity contribution in [2.45, 2.75) is 32.6 Å². The largest absolute Gasteiger partial charge is 0.0693 e. The van der Waals surface area contributed by atoms with Gasteiger partial charge in [0.1, 0.15) is 0 Å². The maximum Gasteiger partial charge on any atom is -0.0257 e. The molecule has 0 aliphatic heterocycles. The van der Waals surface area contributed by atoms with E-state index < -0.39 is 0 Å². The zero-order valence-electron chi connectivity index (χ0n) is 9.00. The Morgan fingerprint density at radius 3 is 2.57 bits per heavy atom. The first-order valence-electron chi connectivity index (χ1n) is 5.40. The molecule has 0 aliphatic rings. The summed E-state index contributed by atoms with van der Waals surface area (Å²) >= 11 is 0. The maximum absolute atomic E-state index is 4.07. The van der Waals surface area contributed by atoms with Crippen molar-refractivity contribution in [3.8, 4) is 0 Å². The van der Waals surface area contributed by atoms with Crippen LogP contribution in [0.15, 0.2) is 35.9 Å². The first kappa shape index (κ1) is 11.0. The summed E-state index contributed by atoms with van der Waals surface area (Å²) in [7, 11) is 0. The van der Waals surface area contributed by atoms with Crippen LogP contribution < -0.4 is 0 Å². The monoisotopic (exact) mass is 187 g/mol. The number of hydrogen-bond acceptors (Lipinski definition) is 0. The number of hydrogen-bond donors (Lipinski definition) is 0. The van der Waals surface area contributed by atoms with E-state index in [2.05, 4.69) is 44.2 Å². The van der Waals surface area contributed by atoms with E-state index in [1.54, 1.807) is 0 Å². The highest BCUT2D eigenvalue weighted by Gasteiger charge is 1.91. The zero-order chi connectivity index (χ0) is 10.2. The van der Waals surface area contributed by atoms with Gasteiger partial charge in [-0.15, -0.1) is 0 Å². The molecule has 0 saturated heterocycles. The van der Waals surface area contributed by atoms with E-state index in [0.29, 0.717) is 0 Å². The first-order chi connectivity index (χ1) is 6.83. The van der Waals surface area contributed by atoms with E-state index in [1.807, 2.05) is 6.07 Å². The molecule has 1 rings (SSSR count). The highest BCUT2D eigenvalue weighted by molar-refractivity contribution is 5.53. The Hall–Kier alpha value is -1.04. The van der Waals surface area contributed by atoms with Crippen LogP contribution >= 0.6 is 0 Å². The van der Waals surface area contributed by atoms with Crippen LogP contribution in [0.3, 0.4) is 0 Å². The third-order valence-corrected chi connectivity index (χ3v) is 2.27. The molecule has 0 nitrogen and oxygen atoms in total. The smallest absolute Gasteiger partial charge is 0.0257 e. The fourth-order valence-corrected chi connectivity index (χ4v) is 1.46. The molecule has 0 bridgehead atoms. The van der Waals surface area contributed by atoms with Crippen molar-refractivity contribution in [1.82, 2.24) is 0 Å². The van der Waals surface area contributed by atoms with E-state index in [9.17, 15) is 0 Å². The molecule has 0 atom stereocenters. The van der Waals surface area contributed by atoms with Gasteiger partial charge >= 0.3 is 0 Å². The summed E-state index contributed by atoms with van der Waals surface area (Å²) in [5, 5.41) is 0. The number of unbranched alkanes of at least 4 members (excludes halogenated alkanes) is 2. The van der Waals surface area contributed by atoms with Crippen molar-refractivity contribution in [2.75, 3.05) is 0 Å². The highest BCUT2D eigenvalue weighted by atomic mass is 14.0. The molecule has 0 unspecified atom stereocenters. The minimum absolute atomic E-state index is 1.13. The Kier molecular flexibility index (Phi) is 5.06. The molecule has 0 spiro atoms. The van der Waals surface area contributed by atoms with Gasteiger partial charge in [0.25, 0.3) is 0 Å². The number of allylic oxidation sites excluding steroid dienone is 1. The van der Waals surface area contributed by atoms with Gasteiger partial charge in [0.15, 0.2) is 0 Å². The Morgan fingerprint density at radius 1 is 1.21 bits per heavy atom. The number of benzene rings is 1. The second-order valence-corrected chi connectivity index (χ2v) is 3.67. The summed E-state index contributed by atoms with van der Waals surface area (Å²) in [6.45, 7) is 6.29. The van der Waals surface area contributed by atoms with Crippen molar-refractivity contribution >= 4 is 6.08 Å². The zero-order valence-corrected chi connectivity index (χ0v) is 9.00. The molecular formula is C14H19. The molecule has 0 heterocycles. The average Bonchev–Trinajstić information content (AvgIpc) is 2.20. The van der Waals surface area contributed by atoms with E-state index >= 15 is 0 Å². The second kappa shape index (κ2) is 6.42. The Balaban J connectivity index is 2.43. The van der Waals surface area contributed by atoms with Crippen LogP contribution in [0.25, 0.3) is 6.08 Å². The van der Waals surface area contributed by atoms with E-state index in [1.165, 1.54) is 30.4 Å². The summed E-state index contributed by atoms with van der Waals surface area (Å²) in [6.07, 6.45) is 7.15. The maximum atomic E-state index is 4.07. The molecule has 0 heteroatoms. The molecule has 0 aromatic heterocycles. The normalized spacial score (nSPS) is 11.7. The summed E-state index contributed by atoms with van der Waals surface area (Å²) in [4.78, 5) is 0. The Labute approximate surface area is 87.7 Å². The van der Waals surface area contributed by atoms with Crippen LogP contribution in [0.4, 0.5) is 0 Å². The minimum atomic E-state index is 1.13. The second-order valence-electron chi connectivity index (χ2n) is 3.67. The van der Waals surface area contributed by atoms with Crippen molar-refractivity contribution < 1.29 is 0 Å². The standard InChI is InChI=1S/C14H19/c1-3-4-6-9-13(2)12-14-10-7-5-8-11-14/h5,7-8,10-12H,2-4,6,9H2,1H3/b13-12-. The average molecular weight is 187 g/mol. The molecule has 1 aromatic carbocycles. The van der Waals surface area contributed by atoms with Crippen LogP contribution in [0, 0.1) is 6.92 Å². The van der Waals surface area contributed by atoms with E-state index in [4.69, 9.17) is 0 Å². The predicted octanol–water partition coefficient (Wildman–Crippen LogP) is 4.48. The third kappa shape index (κ3) is 4.27. The lowest BCUT2D eigenvalue weighted by atomic mass is 10.1. The van der Waals surface area contributed by atoms with Gasteiger partial charge in [-0.1, -0.05) is 61.7 Å². The quantitative estimate of drug-likeness (QED) is 0.596. The molecule has 14 heavy (non-hydrogen) atoms. The lowest BCUT2D eigenvalue weighted by Crippen LogP contribution is -1.79. The molecule has 0 N–H and O–H groups in total. The molecule has 0 fully saturated rings. The summed E-state index contributed by atoms with van der Waals surface area (Å²) in [5.41, 5.74) is 2.50. The third-order valence-electron chi connectivity index (χ3n) is 2.27. The van der Waals surface area contributed by atoms with Gasteiger partial charge in [0.05, 0.1) is 0 Å². The van der Waals surface area contributed by atoms with E-state index in [-0.39, 0.29) is 0 Å². The minimum Gasteiger partial charge on any atom is -0.0693 e. The van der Waals surface area contributed by atoms with Gasteiger partial charge in [0, 0.05) is 0 Å². The van der Waals surface area contributed by atoms with E-state index in [0.717, 1.165) is 6.42 Å². The summed E-state index contributed by atoms with van der Waals surface area (Å²) in [6, 6.07) is 10.4. The molecule has 1 aromatic rings.